The van der Waals surface area contributed by atoms with Gasteiger partial charge in [0, 0.05) is 18.7 Å². The second-order valence-electron chi connectivity index (χ2n) is 6.28. The van der Waals surface area contributed by atoms with E-state index in [0.29, 0.717) is 47.8 Å². The highest BCUT2D eigenvalue weighted by atomic mass is 19.1. The van der Waals surface area contributed by atoms with Gasteiger partial charge in [-0.25, -0.2) is 8.78 Å². The maximum absolute atomic E-state index is 14.3. The Morgan fingerprint density at radius 1 is 1.04 bits per heavy atom. The number of benzene rings is 2. The van der Waals surface area contributed by atoms with Crippen LogP contribution < -0.4 is 19.1 Å². The van der Waals surface area contributed by atoms with Crippen LogP contribution in [0.4, 0.5) is 14.5 Å². The second-order valence-corrected chi connectivity index (χ2v) is 6.28. The third kappa shape index (κ3) is 3.78. The SMILES string of the molecule is COc1cc(/C=C/C(=O)N2CCCc3cc(F)cc(F)c32)cc(OC)c1OC. The van der Waals surface area contributed by atoms with Gasteiger partial charge < -0.3 is 19.1 Å². The van der Waals surface area contributed by atoms with Crippen molar-refractivity contribution in [1.82, 2.24) is 0 Å². The lowest BCUT2D eigenvalue weighted by Gasteiger charge is -2.29. The number of hydrogen-bond donors (Lipinski definition) is 0. The van der Waals surface area contributed by atoms with Crippen LogP contribution in [-0.2, 0) is 11.2 Å². The molecule has 0 bridgehead atoms. The van der Waals surface area contributed by atoms with Crippen LogP contribution in [0.2, 0.25) is 0 Å². The first-order valence-electron chi connectivity index (χ1n) is 8.76. The molecule has 2 aromatic carbocycles. The highest BCUT2D eigenvalue weighted by Crippen LogP contribution is 2.38. The number of methoxy groups -OCH3 is 3. The van der Waals surface area contributed by atoms with E-state index >= 15 is 0 Å². The second kappa shape index (κ2) is 8.29. The fourth-order valence-electron chi connectivity index (χ4n) is 3.33. The summed E-state index contributed by atoms with van der Waals surface area (Å²) in [5.41, 5.74) is 1.30. The van der Waals surface area contributed by atoms with Gasteiger partial charge in [0.2, 0.25) is 5.75 Å². The van der Waals surface area contributed by atoms with E-state index < -0.39 is 11.6 Å². The lowest BCUT2D eigenvalue weighted by molar-refractivity contribution is -0.114. The summed E-state index contributed by atoms with van der Waals surface area (Å²) >= 11 is 0. The molecule has 0 saturated heterocycles. The quantitative estimate of drug-likeness (QED) is 0.726. The van der Waals surface area contributed by atoms with E-state index in [1.165, 1.54) is 38.4 Å². The highest BCUT2D eigenvalue weighted by Gasteiger charge is 2.25. The molecule has 0 aromatic heterocycles. The number of carbonyl (C=O) groups excluding carboxylic acids is 1. The van der Waals surface area contributed by atoms with Crippen LogP contribution in [0.25, 0.3) is 6.08 Å². The molecular formula is C21H21F2NO4. The van der Waals surface area contributed by atoms with Crippen molar-refractivity contribution >= 4 is 17.7 Å². The third-order valence-electron chi connectivity index (χ3n) is 4.58. The summed E-state index contributed by atoms with van der Waals surface area (Å²) < 4.78 is 43.6. The van der Waals surface area contributed by atoms with Crippen molar-refractivity contribution in [2.75, 3.05) is 32.8 Å². The van der Waals surface area contributed by atoms with Crippen LogP contribution >= 0.6 is 0 Å². The van der Waals surface area contributed by atoms with Crippen LogP contribution in [0.5, 0.6) is 17.2 Å². The lowest BCUT2D eigenvalue weighted by Crippen LogP contribution is -2.35. The zero-order valence-electron chi connectivity index (χ0n) is 15.9. The summed E-state index contributed by atoms with van der Waals surface area (Å²) in [7, 11) is 4.51. The molecule has 0 saturated carbocycles. The van der Waals surface area contributed by atoms with E-state index in [-0.39, 0.29) is 11.6 Å². The van der Waals surface area contributed by atoms with Crippen LogP contribution in [0.1, 0.15) is 17.5 Å². The van der Waals surface area contributed by atoms with Crippen molar-refractivity contribution in [2.24, 2.45) is 0 Å². The predicted octanol–water partition coefficient (Wildman–Crippen LogP) is 3.98. The third-order valence-corrected chi connectivity index (χ3v) is 4.58. The number of ether oxygens (including phenoxy) is 3. The molecule has 1 heterocycles. The summed E-state index contributed by atoms with van der Waals surface area (Å²) in [6, 6.07) is 5.48. The number of amides is 1. The smallest absolute Gasteiger partial charge is 0.251 e. The van der Waals surface area contributed by atoms with Gasteiger partial charge in [-0.1, -0.05) is 0 Å². The van der Waals surface area contributed by atoms with E-state index in [4.69, 9.17) is 14.2 Å². The molecule has 0 atom stereocenters. The Hall–Kier alpha value is -3.09. The van der Waals surface area contributed by atoms with Crippen LogP contribution in [-0.4, -0.2) is 33.8 Å². The number of halogens is 2. The minimum Gasteiger partial charge on any atom is -0.493 e. The molecule has 2 aromatic rings. The maximum atomic E-state index is 14.3. The van der Waals surface area contributed by atoms with Gasteiger partial charge in [0.05, 0.1) is 27.0 Å². The molecule has 0 spiro atoms. The molecule has 5 nitrogen and oxygen atoms in total. The van der Waals surface area contributed by atoms with Crippen molar-refractivity contribution in [2.45, 2.75) is 12.8 Å². The first-order chi connectivity index (χ1) is 13.5. The molecule has 148 valence electrons. The topological polar surface area (TPSA) is 48.0 Å². The number of rotatable bonds is 5. The van der Waals surface area contributed by atoms with Gasteiger partial charge in [-0.05, 0) is 48.2 Å². The summed E-state index contributed by atoms with van der Waals surface area (Å²) in [6.45, 7) is 0.369. The molecule has 0 fully saturated rings. The van der Waals surface area contributed by atoms with Crippen molar-refractivity contribution in [3.63, 3.8) is 0 Å². The van der Waals surface area contributed by atoms with E-state index in [0.717, 1.165) is 6.07 Å². The minimum atomic E-state index is -0.732. The van der Waals surface area contributed by atoms with Crippen molar-refractivity contribution in [3.8, 4) is 17.2 Å². The average Bonchev–Trinajstić information content (AvgIpc) is 2.70. The zero-order chi connectivity index (χ0) is 20.3. The summed E-state index contributed by atoms with van der Waals surface area (Å²) in [4.78, 5) is 14.0. The van der Waals surface area contributed by atoms with Gasteiger partial charge in [-0.15, -0.1) is 0 Å². The standard InChI is InChI=1S/C21H21F2NO4/c1-26-17-9-13(10-18(27-2)21(17)28-3)6-7-19(25)24-8-4-5-14-11-15(22)12-16(23)20(14)24/h6-7,9-12H,4-5,8H2,1-3H3/b7-6+. The Morgan fingerprint density at radius 2 is 1.71 bits per heavy atom. The van der Waals surface area contributed by atoms with E-state index in [9.17, 15) is 13.6 Å². The molecule has 0 N–H and O–H groups in total. The molecule has 0 aliphatic carbocycles. The van der Waals surface area contributed by atoms with Crippen molar-refractivity contribution in [3.05, 3.63) is 53.1 Å². The van der Waals surface area contributed by atoms with E-state index in [1.54, 1.807) is 18.2 Å². The number of anilines is 1. The van der Waals surface area contributed by atoms with Gasteiger partial charge in [-0.2, -0.15) is 0 Å². The first kappa shape index (κ1) is 19.7. The minimum absolute atomic E-state index is 0.146. The molecule has 7 heteroatoms. The molecule has 0 radical (unpaired) electrons. The summed E-state index contributed by atoms with van der Waals surface area (Å²) in [5, 5.41) is 0. The number of carbonyl (C=O) groups is 1. The Morgan fingerprint density at radius 3 is 2.32 bits per heavy atom. The van der Waals surface area contributed by atoms with Crippen molar-refractivity contribution in [1.29, 1.82) is 0 Å². The molecular weight excluding hydrogens is 368 g/mol. The van der Waals surface area contributed by atoms with Gasteiger partial charge in [0.15, 0.2) is 11.5 Å². The van der Waals surface area contributed by atoms with Gasteiger partial charge >= 0.3 is 0 Å². The van der Waals surface area contributed by atoms with Crippen LogP contribution in [0, 0.1) is 11.6 Å². The molecule has 28 heavy (non-hydrogen) atoms. The van der Waals surface area contributed by atoms with Crippen LogP contribution in [0.3, 0.4) is 0 Å². The highest BCUT2D eigenvalue weighted by molar-refractivity contribution is 6.04. The Balaban J connectivity index is 1.90. The molecule has 1 aliphatic heterocycles. The number of hydrogen-bond acceptors (Lipinski definition) is 4. The number of aryl methyl sites for hydroxylation is 1. The monoisotopic (exact) mass is 389 g/mol. The number of fused-ring (bicyclic) bond motifs is 1. The molecule has 1 amide bonds. The molecule has 1 aliphatic rings. The molecule has 3 rings (SSSR count). The molecule has 0 unspecified atom stereocenters. The van der Waals surface area contributed by atoms with Gasteiger partial charge in [0.1, 0.15) is 11.6 Å². The summed E-state index contributed by atoms with van der Waals surface area (Å²) in [5.74, 6) is -0.400. The van der Waals surface area contributed by atoms with E-state index in [1.807, 2.05) is 0 Å². The van der Waals surface area contributed by atoms with Crippen molar-refractivity contribution < 1.29 is 27.8 Å². The Kier molecular flexibility index (Phi) is 5.82. The Labute approximate surface area is 162 Å². The van der Waals surface area contributed by atoms with Gasteiger partial charge in [0.25, 0.3) is 5.91 Å². The van der Waals surface area contributed by atoms with Gasteiger partial charge in [-0.3, -0.25) is 4.79 Å². The lowest BCUT2D eigenvalue weighted by atomic mass is 10.0. The summed E-state index contributed by atoms with van der Waals surface area (Å²) in [6.07, 6.45) is 4.10. The maximum Gasteiger partial charge on any atom is 0.251 e. The fourth-order valence-corrected chi connectivity index (χ4v) is 3.33. The first-order valence-corrected chi connectivity index (χ1v) is 8.76. The Bertz CT molecular complexity index is 902. The zero-order valence-corrected chi connectivity index (χ0v) is 15.9. The average molecular weight is 389 g/mol. The predicted molar refractivity (Wildman–Crippen MR) is 102 cm³/mol. The normalized spacial score (nSPS) is 13.4. The van der Waals surface area contributed by atoms with E-state index in [2.05, 4.69) is 0 Å². The fraction of sp³-hybridized carbons (Fsp3) is 0.286. The van der Waals surface area contributed by atoms with Crippen LogP contribution in [0.15, 0.2) is 30.3 Å². The number of nitrogens with zero attached hydrogens (tertiary/aromatic N) is 1. The largest absolute Gasteiger partial charge is 0.493 e.